The van der Waals surface area contributed by atoms with Crippen LogP contribution in [0.1, 0.15) is 65.5 Å². The van der Waals surface area contributed by atoms with Crippen LogP contribution in [0.4, 0.5) is 0 Å². The monoisotopic (exact) mass is 324 g/mol. The molecule has 2 aromatic rings. The van der Waals surface area contributed by atoms with Crippen molar-refractivity contribution in [1.29, 1.82) is 0 Å². The zero-order valence-electron chi connectivity index (χ0n) is 14.8. The number of aliphatic hydroxyl groups is 2. The Labute approximate surface area is 145 Å². The minimum atomic E-state index is 0.00410. The maximum atomic E-state index is 9.64. The van der Waals surface area contributed by atoms with Crippen molar-refractivity contribution in [2.45, 2.75) is 64.6 Å². The predicted molar refractivity (Wildman–Crippen MR) is 98.1 cm³/mol. The summed E-state index contributed by atoms with van der Waals surface area (Å²) in [5.74, 6) is 0. The Morgan fingerprint density at radius 3 is 1.71 bits per heavy atom. The summed E-state index contributed by atoms with van der Waals surface area (Å²) in [4.78, 5) is 0. The van der Waals surface area contributed by atoms with E-state index in [4.69, 9.17) is 0 Å². The predicted octanol–water partition coefficient (Wildman–Crippen LogP) is 4.54. The van der Waals surface area contributed by atoms with Gasteiger partial charge in [-0.3, -0.25) is 0 Å². The number of aliphatic hydroxyl groups excluding tert-OH is 2. The third kappa shape index (κ3) is 3.26. The third-order valence-electron chi connectivity index (χ3n) is 5.45. The largest absolute Gasteiger partial charge is 0.392 e. The molecular formula is C22H28O2. The van der Waals surface area contributed by atoms with Gasteiger partial charge in [0.05, 0.1) is 13.2 Å². The summed E-state index contributed by atoms with van der Waals surface area (Å²) in [6.45, 7) is 4.36. The molecule has 2 aromatic carbocycles. The smallest absolute Gasteiger partial charge is 0.0682 e. The van der Waals surface area contributed by atoms with Crippen molar-refractivity contribution in [3.8, 4) is 0 Å². The van der Waals surface area contributed by atoms with E-state index in [1.165, 1.54) is 41.5 Å². The van der Waals surface area contributed by atoms with Gasteiger partial charge in [0.1, 0.15) is 0 Å². The molecule has 0 bridgehead atoms. The van der Waals surface area contributed by atoms with Gasteiger partial charge in [-0.05, 0) is 48.9 Å². The van der Waals surface area contributed by atoms with Crippen molar-refractivity contribution in [3.05, 3.63) is 69.8 Å². The van der Waals surface area contributed by atoms with Crippen molar-refractivity contribution in [1.82, 2.24) is 0 Å². The summed E-state index contributed by atoms with van der Waals surface area (Å²) in [6.07, 6.45) is 6.01. The second-order valence-corrected chi connectivity index (χ2v) is 7.37. The molecule has 0 amide bonds. The Balaban J connectivity index is 2.19. The van der Waals surface area contributed by atoms with E-state index in [0.29, 0.717) is 0 Å². The van der Waals surface area contributed by atoms with Crippen LogP contribution in [-0.4, -0.2) is 10.2 Å². The molecule has 0 radical (unpaired) electrons. The number of rotatable bonds is 4. The minimum Gasteiger partial charge on any atom is -0.392 e. The molecule has 0 atom stereocenters. The highest BCUT2D eigenvalue weighted by molar-refractivity contribution is 5.45. The molecule has 2 nitrogen and oxygen atoms in total. The van der Waals surface area contributed by atoms with Crippen LogP contribution in [0.25, 0.3) is 0 Å². The van der Waals surface area contributed by atoms with Gasteiger partial charge in [0.25, 0.3) is 0 Å². The summed E-state index contributed by atoms with van der Waals surface area (Å²) >= 11 is 0. The van der Waals surface area contributed by atoms with Crippen molar-refractivity contribution in [2.24, 2.45) is 0 Å². The third-order valence-corrected chi connectivity index (χ3v) is 5.45. The van der Waals surface area contributed by atoms with Gasteiger partial charge >= 0.3 is 0 Å². The highest BCUT2D eigenvalue weighted by atomic mass is 16.3. The SMILES string of the molecule is Cc1cc(C)cc(C2(c3cc(CO)cc(CO)c3)CCCCC2)c1. The molecule has 1 fully saturated rings. The molecule has 1 aliphatic carbocycles. The number of hydrogen-bond acceptors (Lipinski definition) is 2. The average Bonchev–Trinajstić information content (AvgIpc) is 2.61. The zero-order chi connectivity index (χ0) is 17.2. The number of benzene rings is 2. The van der Waals surface area contributed by atoms with Crippen LogP contribution >= 0.6 is 0 Å². The van der Waals surface area contributed by atoms with E-state index in [-0.39, 0.29) is 18.6 Å². The lowest BCUT2D eigenvalue weighted by atomic mass is 9.64. The van der Waals surface area contributed by atoms with Crippen LogP contribution < -0.4 is 0 Å². The molecule has 2 heteroatoms. The first kappa shape index (κ1) is 17.2. The van der Waals surface area contributed by atoms with Gasteiger partial charge in [0.2, 0.25) is 0 Å². The Bertz CT molecular complexity index is 669. The van der Waals surface area contributed by atoms with E-state index in [2.05, 4.69) is 44.2 Å². The Hall–Kier alpha value is -1.64. The quantitative estimate of drug-likeness (QED) is 0.867. The maximum Gasteiger partial charge on any atom is 0.0682 e. The van der Waals surface area contributed by atoms with Gasteiger partial charge < -0.3 is 10.2 Å². The molecular weight excluding hydrogens is 296 g/mol. The molecule has 0 spiro atoms. The molecule has 0 unspecified atom stereocenters. The first-order chi connectivity index (χ1) is 11.6. The van der Waals surface area contributed by atoms with Gasteiger partial charge in [-0.1, -0.05) is 66.8 Å². The lowest BCUT2D eigenvalue weighted by molar-refractivity contribution is 0.273. The summed E-state index contributed by atoms with van der Waals surface area (Å²) in [6, 6.07) is 13.1. The fraction of sp³-hybridized carbons (Fsp3) is 0.455. The molecule has 3 rings (SSSR count). The van der Waals surface area contributed by atoms with Crippen LogP contribution in [-0.2, 0) is 18.6 Å². The molecule has 1 aliphatic rings. The Morgan fingerprint density at radius 2 is 1.21 bits per heavy atom. The Morgan fingerprint density at radius 1 is 0.708 bits per heavy atom. The first-order valence-corrected chi connectivity index (χ1v) is 9.01. The van der Waals surface area contributed by atoms with Crippen LogP contribution in [0, 0.1) is 13.8 Å². The van der Waals surface area contributed by atoms with E-state index in [9.17, 15) is 10.2 Å². The molecule has 2 N–H and O–H groups in total. The lowest BCUT2D eigenvalue weighted by Crippen LogP contribution is -2.31. The second-order valence-electron chi connectivity index (χ2n) is 7.37. The van der Waals surface area contributed by atoms with Crippen molar-refractivity contribution >= 4 is 0 Å². The molecule has 0 aromatic heterocycles. The van der Waals surface area contributed by atoms with Crippen molar-refractivity contribution in [3.63, 3.8) is 0 Å². The van der Waals surface area contributed by atoms with Gasteiger partial charge in [0.15, 0.2) is 0 Å². The normalized spacial score (nSPS) is 17.0. The Kier molecular flexibility index (Phi) is 5.07. The standard InChI is InChI=1S/C22H28O2/c1-16-8-17(2)10-20(9-16)22(6-4-3-5-7-22)21-12-18(14-23)11-19(13-21)15-24/h8-13,23-24H,3-7,14-15H2,1-2H3. The topological polar surface area (TPSA) is 40.5 Å². The van der Waals surface area contributed by atoms with Crippen LogP contribution in [0.15, 0.2) is 36.4 Å². The van der Waals surface area contributed by atoms with Crippen molar-refractivity contribution < 1.29 is 10.2 Å². The van der Waals surface area contributed by atoms with Crippen LogP contribution in [0.2, 0.25) is 0 Å². The first-order valence-electron chi connectivity index (χ1n) is 9.01. The molecule has 0 saturated heterocycles. The molecule has 0 heterocycles. The van der Waals surface area contributed by atoms with Gasteiger partial charge in [-0.15, -0.1) is 0 Å². The second kappa shape index (κ2) is 7.08. The van der Waals surface area contributed by atoms with E-state index in [1.807, 2.05) is 6.07 Å². The summed E-state index contributed by atoms with van der Waals surface area (Å²) in [5.41, 5.74) is 7.04. The van der Waals surface area contributed by atoms with E-state index < -0.39 is 0 Å². The van der Waals surface area contributed by atoms with E-state index >= 15 is 0 Å². The summed E-state index contributed by atoms with van der Waals surface area (Å²) < 4.78 is 0. The zero-order valence-corrected chi connectivity index (χ0v) is 14.8. The van der Waals surface area contributed by atoms with Gasteiger partial charge in [-0.25, -0.2) is 0 Å². The summed E-state index contributed by atoms with van der Waals surface area (Å²) in [7, 11) is 0. The number of hydrogen-bond donors (Lipinski definition) is 2. The highest BCUT2D eigenvalue weighted by Crippen LogP contribution is 2.45. The lowest BCUT2D eigenvalue weighted by Gasteiger charge is -2.39. The fourth-order valence-electron chi connectivity index (χ4n) is 4.37. The maximum absolute atomic E-state index is 9.64. The molecule has 0 aliphatic heterocycles. The van der Waals surface area contributed by atoms with E-state index in [1.54, 1.807) is 0 Å². The van der Waals surface area contributed by atoms with Crippen LogP contribution in [0.5, 0.6) is 0 Å². The molecule has 128 valence electrons. The highest BCUT2D eigenvalue weighted by Gasteiger charge is 2.36. The minimum absolute atomic E-state index is 0.00410. The molecule has 24 heavy (non-hydrogen) atoms. The van der Waals surface area contributed by atoms with E-state index in [0.717, 1.165) is 24.0 Å². The summed E-state index contributed by atoms with van der Waals surface area (Å²) in [5, 5.41) is 19.3. The van der Waals surface area contributed by atoms with Gasteiger partial charge in [0, 0.05) is 5.41 Å². The molecule has 1 saturated carbocycles. The van der Waals surface area contributed by atoms with Crippen molar-refractivity contribution in [2.75, 3.05) is 0 Å². The number of aryl methyl sites for hydroxylation is 2. The van der Waals surface area contributed by atoms with Gasteiger partial charge in [-0.2, -0.15) is 0 Å². The van der Waals surface area contributed by atoms with Crippen LogP contribution in [0.3, 0.4) is 0 Å². The fourth-order valence-corrected chi connectivity index (χ4v) is 4.37. The average molecular weight is 324 g/mol.